The van der Waals surface area contributed by atoms with E-state index >= 15 is 0 Å². The van der Waals surface area contributed by atoms with Crippen LogP contribution < -0.4 is 0 Å². The third kappa shape index (κ3) is 3.86. The Morgan fingerprint density at radius 1 is 1.08 bits per heavy atom. The summed E-state index contributed by atoms with van der Waals surface area (Å²) < 4.78 is 7.13. The van der Waals surface area contributed by atoms with Gasteiger partial charge in [0.05, 0.1) is 22.0 Å². The van der Waals surface area contributed by atoms with Crippen molar-refractivity contribution in [2.24, 2.45) is 0 Å². The first-order chi connectivity index (χ1) is 12.0. The van der Waals surface area contributed by atoms with Crippen molar-refractivity contribution in [3.8, 4) is 5.69 Å². The smallest absolute Gasteiger partial charge is 0.340 e. The van der Waals surface area contributed by atoms with Crippen LogP contribution in [0.2, 0.25) is 10.0 Å². The molecule has 0 aliphatic rings. The zero-order chi connectivity index (χ0) is 18.0. The fourth-order valence-corrected chi connectivity index (χ4v) is 2.91. The molecule has 0 fully saturated rings. The molecular formula is C19H16Cl2N2O2. The van der Waals surface area contributed by atoms with Crippen LogP contribution in [-0.2, 0) is 11.3 Å². The molecule has 0 aliphatic heterocycles. The number of halogens is 2. The van der Waals surface area contributed by atoms with Crippen molar-refractivity contribution in [1.29, 1.82) is 0 Å². The van der Waals surface area contributed by atoms with Gasteiger partial charge in [0.25, 0.3) is 0 Å². The third-order valence-corrected chi connectivity index (χ3v) is 4.44. The maximum absolute atomic E-state index is 12.4. The molecule has 2 aromatic carbocycles. The van der Waals surface area contributed by atoms with E-state index in [0.29, 0.717) is 15.6 Å². The lowest BCUT2D eigenvalue weighted by Crippen LogP contribution is -2.08. The number of rotatable bonds is 4. The van der Waals surface area contributed by atoms with E-state index in [-0.39, 0.29) is 6.61 Å². The van der Waals surface area contributed by atoms with Gasteiger partial charge in [-0.3, -0.25) is 0 Å². The van der Waals surface area contributed by atoms with Gasteiger partial charge in [-0.15, -0.1) is 0 Å². The Morgan fingerprint density at radius 2 is 1.84 bits per heavy atom. The molecule has 0 amide bonds. The van der Waals surface area contributed by atoms with Crippen molar-refractivity contribution in [3.63, 3.8) is 0 Å². The summed E-state index contributed by atoms with van der Waals surface area (Å²) >= 11 is 12.3. The fourth-order valence-electron chi connectivity index (χ4n) is 2.53. The number of aryl methyl sites for hydroxylation is 2. The molecule has 6 heteroatoms. The summed E-state index contributed by atoms with van der Waals surface area (Å²) in [5, 5.41) is 5.30. The second kappa shape index (κ2) is 7.30. The molecule has 25 heavy (non-hydrogen) atoms. The van der Waals surface area contributed by atoms with Gasteiger partial charge in [0, 0.05) is 16.3 Å². The number of aromatic nitrogens is 2. The third-order valence-electron chi connectivity index (χ3n) is 3.74. The number of benzene rings is 2. The summed E-state index contributed by atoms with van der Waals surface area (Å²) in [7, 11) is 0. The molecule has 3 aromatic rings. The van der Waals surface area contributed by atoms with Crippen LogP contribution in [0.5, 0.6) is 0 Å². The number of esters is 1. The lowest BCUT2D eigenvalue weighted by molar-refractivity contribution is 0.0473. The zero-order valence-corrected chi connectivity index (χ0v) is 15.3. The van der Waals surface area contributed by atoms with E-state index in [2.05, 4.69) is 5.10 Å². The highest BCUT2D eigenvalue weighted by molar-refractivity contribution is 6.33. The number of hydrogen-bond donors (Lipinski definition) is 0. The van der Waals surface area contributed by atoms with Gasteiger partial charge in [-0.25, -0.2) is 9.48 Å². The summed E-state index contributed by atoms with van der Waals surface area (Å²) in [6.07, 6.45) is 0. The van der Waals surface area contributed by atoms with Gasteiger partial charge in [0.2, 0.25) is 0 Å². The standard InChI is InChI=1S/C19H16Cl2N2O2/c1-12-9-13(2)23(22-12)15-7-8-18(21)16(10-15)19(24)25-11-14-5-3-4-6-17(14)20/h3-10H,11H2,1-2H3. The Morgan fingerprint density at radius 3 is 2.52 bits per heavy atom. The Labute approximate surface area is 155 Å². The molecule has 128 valence electrons. The van der Waals surface area contributed by atoms with Crippen LogP contribution in [-0.4, -0.2) is 15.7 Å². The van der Waals surface area contributed by atoms with E-state index in [1.54, 1.807) is 22.9 Å². The van der Waals surface area contributed by atoms with Crippen LogP contribution in [0.4, 0.5) is 0 Å². The van der Waals surface area contributed by atoms with Gasteiger partial charge in [-0.05, 0) is 44.2 Å². The van der Waals surface area contributed by atoms with Crippen molar-refractivity contribution >= 4 is 29.2 Å². The molecule has 1 aromatic heterocycles. The minimum atomic E-state index is -0.506. The van der Waals surface area contributed by atoms with Crippen molar-refractivity contribution in [2.75, 3.05) is 0 Å². The summed E-state index contributed by atoms with van der Waals surface area (Å²) in [4.78, 5) is 12.4. The molecule has 0 unspecified atom stereocenters. The van der Waals surface area contributed by atoms with E-state index in [4.69, 9.17) is 27.9 Å². The maximum atomic E-state index is 12.4. The average molecular weight is 375 g/mol. The largest absolute Gasteiger partial charge is 0.457 e. The van der Waals surface area contributed by atoms with Crippen LogP contribution in [0.15, 0.2) is 48.5 Å². The first-order valence-electron chi connectivity index (χ1n) is 7.69. The highest BCUT2D eigenvalue weighted by atomic mass is 35.5. The number of carbonyl (C=O) groups is 1. The first kappa shape index (κ1) is 17.5. The van der Waals surface area contributed by atoms with E-state index in [1.165, 1.54) is 0 Å². The lowest BCUT2D eigenvalue weighted by atomic mass is 10.2. The fraction of sp³-hybridized carbons (Fsp3) is 0.158. The van der Waals surface area contributed by atoms with Crippen molar-refractivity contribution < 1.29 is 9.53 Å². The Bertz CT molecular complexity index is 935. The Kier molecular flexibility index (Phi) is 5.11. The molecule has 0 N–H and O–H groups in total. The van der Waals surface area contributed by atoms with Gasteiger partial charge < -0.3 is 4.74 Å². The molecule has 4 nitrogen and oxygen atoms in total. The summed E-state index contributed by atoms with van der Waals surface area (Å²) in [6.45, 7) is 3.95. The summed E-state index contributed by atoms with van der Waals surface area (Å²) in [6, 6.07) is 14.3. The molecular weight excluding hydrogens is 359 g/mol. The summed E-state index contributed by atoms with van der Waals surface area (Å²) in [5.41, 5.74) is 3.65. The number of ether oxygens (including phenoxy) is 1. The monoisotopic (exact) mass is 374 g/mol. The zero-order valence-electron chi connectivity index (χ0n) is 13.8. The topological polar surface area (TPSA) is 44.1 Å². The van der Waals surface area contributed by atoms with Crippen molar-refractivity contribution in [3.05, 3.63) is 81.1 Å². The van der Waals surface area contributed by atoms with Crippen LogP contribution in [0, 0.1) is 13.8 Å². The highest BCUT2D eigenvalue weighted by Gasteiger charge is 2.15. The van der Waals surface area contributed by atoms with Crippen molar-refractivity contribution in [1.82, 2.24) is 9.78 Å². The van der Waals surface area contributed by atoms with Crippen LogP contribution in [0.3, 0.4) is 0 Å². The second-order valence-electron chi connectivity index (χ2n) is 5.67. The second-order valence-corrected chi connectivity index (χ2v) is 6.48. The minimum Gasteiger partial charge on any atom is -0.457 e. The number of nitrogens with zero attached hydrogens (tertiary/aromatic N) is 2. The van der Waals surface area contributed by atoms with Gasteiger partial charge >= 0.3 is 5.97 Å². The van der Waals surface area contributed by atoms with Gasteiger partial charge in [0.15, 0.2) is 0 Å². The molecule has 0 radical (unpaired) electrons. The predicted molar refractivity (Wildman–Crippen MR) is 98.6 cm³/mol. The van der Waals surface area contributed by atoms with Crippen molar-refractivity contribution in [2.45, 2.75) is 20.5 Å². The SMILES string of the molecule is Cc1cc(C)n(-c2ccc(Cl)c(C(=O)OCc3ccccc3Cl)c2)n1. The Balaban J connectivity index is 1.84. The molecule has 0 bridgehead atoms. The minimum absolute atomic E-state index is 0.0823. The maximum Gasteiger partial charge on any atom is 0.340 e. The predicted octanol–water partition coefficient (Wildman–Crippen LogP) is 5.15. The quantitative estimate of drug-likeness (QED) is 0.592. The van der Waals surface area contributed by atoms with Crippen LogP contribution in [0.25, 0.3) is 5.69 Å². The number of hydrogen-bond acceptors (Lipinski definition) is 3. The molecule has 0 aliphatic carbocycles. The van der Waals surface area contributed by atoms with E-state index < -0.39 is 5.97 Å². The van der Waals surface area contributed by atoms with Gasteiger partial charge in [-0.1, -0.05) is 41.4 Å². The Hall–Kier alpha value is -2.30. The van der Waals surface area contributed by atoms with Crippen LogP contribution in [0.1, 0.15) is 27.3 Å². The van der Waals surface area contributed by atoms with E-state index in [0.717, 1.165) is 22.6 Å². The highest BCUT2D eigenvalue weighted by Crippen LogP contribution is 2.23. The average Bonchev–Trinajstić information content (AvgIpc) is 2.92. The lowest BCUT2D eigenvalue weighted by Gasteiger charge is -2.10. The molecule has 1 heterocycles. The normalized spacial score (nSPS) is 10.7. The molecule has 3 rings (SSSR count). The van der Waals surface area contributed by atoms with Gasteiger partial charge in [-0.2, -0.15) is 5.10 Å². The molecule has 0 spiro atoms. The van der Waals surface area contributed by atoms with E-state index in [1.807, 2.05) is 44.2 Å². The molecule has 0 saturated heterocycles. The molecule has 0 saturated carbocycles. The van der Waals surface area contributed by atoms with E-state index in [9.17, 15) is 4.79 Å². The van der Waals surface area contributed by atoms with Gasteiger partial charge in [0.1, 0.15) is 6.61 Å². The first-order valence-corrected chi connectivity index (χ1v) is 8.45. The molecule has 0 atom stereocenters. The van der Waals surface area contributed by atoms with Crippen LogP contribution >= 0.6 is 23.2 Å². The summed E-state index contributed by atoms with van der Waals surface area (Å²) in [5.74, 6) is -0.506. The number of carbonyl (C=O) groups excluding carboxylic acids is 1.